The van der Waals surface area contributed by atoms with E-state index in [0.717, 1.165) is 11.4 Å². The Hall–Kier alpha value is -7.26. The second kappa shape index (κ2) is 13.6. The number of anilines is 3. The van der Waals surface area contributed by atoms with Crippen LogP contribution in [0.4, 0.5) is 17.1 Å². The molecule has 0 unspecified atom stereocenters. The van der Waals surface area contributed by atoms with Crippen molar-refractivity contribution in [2.75, 3.05) is 4.90 Å². The number of nitrogens with zero attached hydrogens (tertiary/aromatic N) is 1. The minimum Gasteiger partial charge on any atom is -0.310 e. The minimum atomic E-state index is -0.222. The van der Waals surface area contributed by atoms with E-state index in [2.05, 4.69) is 233 Å². The quantitative estimate of drug-likeness (QED) is 0.156. The molecule has 11 aromatic rings. The molecule has 1 aromatic heterocycles. The van der Waals surface area contributed by atoms with Crippen LogP contribution in [-0.4, -0.2) is 0 Å². The van der Waals surface area contributed by atoms with Gasteiger partial charge in [-0.2, -0.15) is 0 Å². The van der Waals surface area contributed by atoms with E-state index in [1.165, 1.54) is 114 Å². The lowest BCUT2D eigenvalue weighted by atomic mass is 9.81. The molecule has 2 aliphatic rings. The highest BCUT2D eigenvalue weighted by atomic mass is 32.1. The number of thiophene rings is 1. The summed E-state index contributed by atoms with van der Waals surface area (Å²) in [5.74, 6) is 0. The first-order valence-electron chi connectivity index (χ1n) is 22.5. The van der Waals surface area contributed by atoms with E-state index in [0.29, 0.717) is 0 Å². The summed E-state index contributed by atoms with van der Waals surface area (Å²) in [7, 11) is 0. The van der Waals surface area contributed by atoms with Crippen LogP contribution in [0, 0.1) is 0 Å². The molecule has 0 N–H and O–H groups in total. The molecular formula is C62H45NS. The van der Waals surface area contributed by atoms with Gasteiger partial charge in [0.05, 0.1) is 5.69 Å². The molecule has 0 saturated carbocycles. The highest BCUT2D eigenvalue weighted by Crippen LogP contribution is 2.55. The van der Waals surface area contributed by atoms with Gasteiger partial charge in [-0.05, 0) is 131 Å². The summed E-state index contributed by atoms with van der Waals surface area (Å²) in [5, 5.41) is 7.68. The molecule has 2 heteroatoms. The first-order valence-corrected chi connectivity index (χ1v) is 23.3. The summed E-state index contributed by atoms with van der Waals surface area (Å²) in [6, 6.07) is 75.3. The van der Waals surface area contributed by atoms with Gasteiger partial charge in [-0.25, -0.2) is 0 Å². The van der Waals surface area contributed by atoms with E-state index in [-0.39, 0.29) is 10.8 Å². The van der Waals surface area contributed by atoms with Crippen molar-refractivity contribution >= 4 is 70.1 Å². The predicted octanol–water partition coefficient (Wildman–Crippen LogP) is 17.8. The van der Waals surface area contributed by atoms with Crippen LogP contribution >= 0.6 is 11.3 Å². The SMILES string of the molecule is CC1(C)c2cc(-c3ccccc3)ccc2-c2ccc(N(c3ccc4c(c3)C(C)(C)c3cc(-c5cccc6c5sc5ccccc56)ccc3-4)c3cc4ccccc4c4ccccc34)cc21. The molecule has 10 aromatic carbocycles. The molecule has 0 amide bonds. The topological polar surface area (TPSA) is 3.24 Å². The summed E-state index contributed by atoms with van der Waals surface area (Å²) in [5.41, 5.74) is 18.9. The van der Waals surface area contributed by atoms with Crippen molar-refractivity contribution in [1.82, 2.24) is 0 Å². The van der Waals surface area contributed by atoms with Crippen molar-refractivity contribution in [3.8, 4) is 44.5 Å². The minimum absolute atomic E-state index is 0.192. The maximum Gasteiger partial charge on any atom is 0.0546 e. The molecule has 0 atom stereocenters. The number of fused-ring (bicyclic) bond motifs is 12. The third kappa shape index (κ3) is 5.36. The van der Waals surface area contributed by atoms with Crippen LogP contribution in [-0.2, 0) is 10.8 Å². The van der Waals surface area contributed by atoms with Crippen molar-refractivity contribution in [2.24, 2.45) is 0 Å². The first kappa shape index (κ1) is 37.3. The normalized spacial score (nSPS) is 14.2. The molecule has 2 aliphatic carbocycles. The zero-order valence-corrected chi connectivity index (χ0v) is 37.2. The van der Waals surface area contributed by atoms with Crippen molar-refractivity contribution in [3.05, 3.63) is 222 Å². The third-order valence-corrected chi connectivity index (χ3v) is 15.9. The highest BCUT2D eigenvalue weighted by molar-refractivity contribution is 7.26. The van der Waals surface area contributed by atoms with E-state index < -0.39 is 0 Å². The second-order valence-corrected chi connectivity index (χ2v) is 19.9. The molecular weight excluding hydrogens is 791 g/mol. The number of hydrogen-bond acceptors (Lipinski definition) is 2. The monoisotopic (exact) mass is 835 g/mol. The molecule has 0 spiro atoms. The Labute approximate surface area is 378 Å². The smallest absolute Gasteiger partial charge is 0.0546 e. The third-order valence-electron chi connectivity index (χ3n) is 14.6. The van der Waals surface area contributed by atoms with Gasteiger partial charge in [0.1, 0.15) is 0 Å². The van der Waals surface area contributed by atoms with Crippen LogP contribution in [0.25, 0.3) is 86.2 Å². The summed E-state index contributed by atoms with van der Waals surface area (Å²) in [6.07, 6.45) is 0. The standard InChI is InChI=1S/C62H45NS/c1-61(2)54-33-39(38-15-6-5-7-16-38)25-29-47(54)49-31-27-42(36-56(49)61)63(58-35-40-17-8-9-18-44(40)46-19-10-11-20-51(46)58)43-28-32-50-48-30-26-41(34-55(48)62(3,4)57(50)37-43)45-22-14-23-53-52-21-12-13-24-59(52)64-60(45)53/h5-37H,1-4H3. The van der Waals surface area contributed by atoms with Gasteiger partial charge >= 0.3 is 0 Å². The van der Waals surface area contributed by atoms with Crippen LogP contribution < -0.4 is 4.90 Å². The molecule has 1 nitrogen and oxygen atoms in total. The Bertz CT molecular complexity index is 3740. The highest BCUT2D eigenvalue weighted by Gasteiger charge is 2.38. The number of rotatable bonds is 5. The van der Waals surface area contributed by atoms with E-state index in [9.17, 15) is 0 Å². The average Bonchev–Trinajstić information content (AvgIpc) is 3.91. The lowest BCUT2D eigenvalue weighted by Crippen LogP contribution is -2.18. The molecule has 0 bridgehead atoms. The van der Waals surface area contributed by atoms with Gasteiger partial charge in [0.25, 0.3) is 0 Å². The molecule has 0 fully saturated rings. The maximum atomic E-state index is 2.54. The van der Waals surface area contributed by atoms with Crippen LogP contribution in [0.5, 0.6) is 0 Å². The van der Waals surface area contributed by atoms with Gasteiger partial charge in [-0.3, -0.25) is 0 Å². The molecule has 64 heavy (non-hydrogen) atoms. The summed E-state index contributed by atoms with van der Waals surface area (Å²) >= 11 is 1.90. The van der Waals surface area contributed by atoms with E-state index in [1.54, 1.807) is 0 Å². The van der Waals surface area contributed by atoms with Gasteiger partial charge in [-0.15, -0.1) is 11.3 Å². The van der Waals surface area contributed by atoms with Crippen molar-refractivity contribution in [3.63, 3.8) is 0 Å². The lowest BCUT2D eigenvalue weighted by molar-refractivity contribution is 0.660. The van der Waals surface area contributed by atoms with Gasteiger partial charge in [0.2, 0.25) is 0 Å². The Morgan fingerprint density at radius 1 is 0.344 bits per heavy atom. The fraction of sp³-hybridized carbons (Fsp3) is 0.0968. The zero-order chi connectivity index (χ0) is 42.9. The molecule has 13 rings (SSSR count). The van der Waals surface area contributed by atoms with Crippen molar-refractivity contribution in [2.45, 2.75) is 38.5 Å². The molecule has 304 valence electrons. The van der Waals surface area contributed by atoms with Gasteiger partial charge in [-0.1, -0.05) is 179 Å². The first-order chi connectivity index (χ1) is 31.2. The van der Waals surface area contributed by atoms with Gasteiger partial charge < -0.3 is 4.90 Å². The second-order valence-electron chi connectivity index (χ2n) is 18.9. The van der Waals surface area contributed by atoms with Crippen LogP contribution in [0.2, 0.25) is 0 Å². The number of benzene rings is 10. The average molecular weight is 836 g/mol. The molecule has 0 aliphatic heterocycles. The predicted molar refractivity (Wildman–Crippen MR) is 275 cm³/mol. The summed E-state index contributed by atoms with van der Waals surface area (Å²) < 4.78 is 2.69. The zero-order valence-electron chi connectivity index (χ0n) is 36.4. The Kier molecular flexibility index (Phi) is 7.94. The summed E-state index contributed by atoms with van der Waals surface area (Å²) in [6.45, 7) is 9.63. The fourth-order valence-corrected chi connectivity index (χ4v) is 12.6. The van der Waals surface area contributed by atoms with Crippen molar-refractivity contribution in [1.29, 1.82) is 0 Å². The fourth-order valence-electron chi connectivity index (χ4n) is 11.3. The molecule has 1 heterocycles. The van der Waals surface area contributed by atoms with Crippen LogP contribution in [0.15, 0.2) is 200 Å². The van der Waals surface area contributed by atoms with Crippen LogP contribution in [0.3, 0.4) is 0 Å². The molecule has 0 radical (unpaired) electrons. The number of hydrogen-bond donors (Lipinski definition) is 0. The van der Waals surface area contributed by atoms with Gasteiger partial charge in [0.15, 0.2) is 0 Å². The molecule has 0 saturated heterocycles. The Morgan fingerprint density at radius 2 is 0.859 bits per heavy atom. The van der Waals surface area contributed by atoms with Crippen molar-refractivity contribution < 1.29 is 0 Å². The van der Waals surface area contributed by atoms with E-state index >= 15 is 0 Å². The van der Waals surface area contributed by atoms with E-state index in [4.69, 9.17) is 0 Å². The van der Waals surface area contributed by atoms with Gasteiger partial charge in [0, 0.05) is 47.8 Å². The Morgan fingerprint density at radius 3 is 1.55 bits per heavy atom. The Balaban J connectivity index is 0.976. The lowest BCUT2D eigenvalue weighted by Gasteiger charge is -2.31. The van der Waals surface area contributed by atoms with E-state index in [1.807, 2.05) is 11.3 Å². The van der Waals surface area contributed by atoms with Crippen LogP contribution in [0.1, 0.15) is 49.9 Å². The largest absolute Gasteiger partial charge is 0.310 e. The maximum absolute atomic E-state index is 2.54. The summed E-state index contributed by atoms with van der Waals surface area (Å²) in [4.78, 5) is 2.54.